The van der Waals surface area contributed by atoms with E-state index in [0.29, 0.717) is 18.6 Å². The van der Waals surface area contributed by atoms with Crippen molar-refractivity contribution in [1.29, 1.82) is 0 Å². The summed E-state index contributed by atoms with van der Waals surface area (Å²) in [6, 6.07) is 0. The molecule has 0 heterocycles. The van der Waals surface area contributed by atoms with Crippen LogP contribution >= 0.6 is 0 Å². The highest BCUT2D eigenvalue weighted by atomic mass is 16.1. The maximum absolute atomic E-state index is 10.5. The molecule has 0 aromatic heterocycles. The van der Waals surface area contributed by atoms with Crippen LogP contribution in [0.1, 0.15) is 33.6 Å². The fourth-order valence-electron chi connectivity index (χ4n) is 0.441. The van der Waals surface area contributed by atoms with Crippen LogP contribution in [0.4, 0.5) is 0 Å². The van der Waals surface area contributed by atoms with Crippen molar-refractivity contribution in [2.24, 2.45) is 0 Å². The Morgan fingerprint density at radius 2 is 1.90 bits per heavy atom. The summed E-state index contributed by atoms with van der Waals surface area (Å²) >= 11 is 0. The molecule has 0 atom stereocenters. The lowest BCUT2D eigenvalue weighted by Gasteiger charge is -1.93. The largest absolute Gasteiger partial charge is 0.319 e. The molecule has 2 heteroatoms. The molecule has 10 heavy (non-hydrogen) atoms. The minimum absolute atomic E-state index is 0.333. The fraction of sp³-hybridized carbons (Fsp3) is 0.875. The monoisotopic (exact) mass is 145 g/mol. The Bertz CT molecular complexity index is 71.7. The highest BCUT2D eigenvalue weighted by molar-refractivity contribution is 5.78. The quantitative estimate of drug-likeness (QED) is 0.651. The molecule has 0 unspecified atom stereocenters. The van der Waals surface area contributed by atoms with Crippen LogP contribution < -0.4 is 5.32 Å². The summed E-state index contributed by atoms with van der Waals surface area (Å²) in [6.45, 7) is 6.70. The molecule has 0 aromatic carbocycles. The maximum Gasteiger partial charge on any atom is 0.133 e. The van der Waals surface area contributed by atoms with E-state index >= 15 is 0 Å². The molecule has 0 saturated heterocycles. The summed E-state index contributed by atoms with van der Waals surface area (Å²) in [7, 11) is 1.85. The first kappa shape index (κ1) is 12.3. The zero-order chi connectivity index (χ0) is 8.41. The van der Waals surface area contributed by atoms with Crippen LogP contribution in [-0.2, 0) is 4.79 Å². The Labute approximate surface area is 64.0 Å². The minimum Gasteiger partial charge on any atom is -0.319 e. The predicted molar refractivity (Wildman–Crippen MR) is 45.2 cm³/mol. The lowest BCUT2D eigenvalue weighted by molar-refractivity contribution is -0.118. The molecule has 62 valence electrons. The zero-order valence-corrected chi connectivity index (χ0v) is 7.53. The average Bonchev–Trinajstić information content (AvgIpc) is 2.04. The highest BCUT2D eigenvalue weighted by Gasteiger charge is 1.93. The lowest BCUT2D eigenvalue weighted by atomic mass is 10.2. The van der Waals surface area contributed by atoms with Crippen molar-refractivity contribution < 1.29 is 4.79 Å². The topological polar surface area (TPSA) is 29.1 Å². The van der Waals surface area contributed by atoms with E-state index in [9.17, 15) is 4.79 Å². The van der Waals surface area contributed by atoms with Crippen molar-refractivity contribution in [3.63, 3.8) is 0 Å². The summed E-state index contributed by atoms with van der Waals surface area (Å²) in [5.74, 6) is 0.333. The first-order valence-corrected chi connectivity index (χ1v) is 3.97. The lowest BCUT2D eigenvalue weighted by Crippen LogP contribution is -2.11. The van der Waals surface area contributed by atoms with Crippen molar-refractivity contribution in [2.75, 3.05) is 13.6 Å². The van der Waals surface area contributed by atoms with Gasteiger partial charge in [-0.15, -0.1) is 0 Å². The Kier molecular flexibility index (Phi) is 14.1. The minimum atomic E-state index is 0.333. The molecule has 0 aromatic rings. The third-order valence-corrected chi connectivity index (χ3v) is 1.05. The number of carbonyl (C=O) groups excluding carboxylic acids is 1. The molecule has 0 saturated carbocycles. The molecular formula is C8H19NO. The summed E-state index contributed by atoms with van der Waals surface area (Å²) in [5, 5.41) is 2.91. The second-order valence-electron chi connectivity index (χ2n) is 1.75. The number of Topliss-reactive ketones (excluding diaryl/α,β-unsaturated/α-hetero) is 1. The van der Waals surface area contributed by atoms with Gasteiger partial charge in [-0.3, -0.25) is 4.79 Å². The molecule has 0 aliphatic heterocycles. The van der Waals surface area contributed by atoms with Gasteiger partial charge < -0.3 is 5.32 Å². The molecule has 0 spiro atoms. The highest BCUT2D eigenvalue weighted by Crippen LogP contribution is 1.84. The van der Waals surface area contributed by atoms with Gasteiger partial charge in [-0.25, -0.2) is 0 Å². The van der Waals surface area contributed by atoms with Gasteiger partial charge >= 0.3 is 0 Å². The third-order valence-electron chi connectivity index (χ3n) is 1.05. The van der Waals surface area contributed by atoms with E-state index in [2.05, 4.69) is 5.32 Å². The van der Waals surface area contributed by atoms with E-state index < -0.39 is 0 Å². The van der Waals surface area contributed by atoms with E-state index in [1.807, 2.05) is 27.8 Å². The normalized spacial score (nSPS) is 8.00. The van der Waals surface area contributed by atoms with Crippen LogP contribution in [-0.4, -0.2) is 19.4 Å². The van der Waals surface area contributed by atoms with Crippen molar-refractivity contribution in [2.45, 2.75) is 33.6 Å². The summed E-state index contributed by atoms with van der Waals surface area (Å²) in [4.78, 5) is 10.5. The summed E-state index contributed by atoms with van der Waals surface area (Å²) < 4.78 is 0. The van der Waals surface area contributed by atoms with Crippen LogP contribution in [0, 0.1) is 0 Å². The van der Waals surface area contributed by atoms with Crippen LogP contribution in [0.2, 0.25) is 0 Å². The number of nitrogens with one attached hydrogen (secondary N) is 1. The van der Waals surface area contributed by atoms with Gasteiger partial charge in [-0.05, 0) is 7.05 Å². The molecule has 1 N–H and O–H groups in total. The molecule has 0 aliphatic rings. The van der Waals surface area contributed by atoms with Gasteiger partial charge in [0.1, 0.15) is 5.78 Å². The first-order valence-electron chi connectivity index (χ1n) is 3.97. The van der Waals surface area contributed by atoms with E-state index in [-0.39, 0.29) is 0 Å². The number of rotatable bonds is 4. The summed E-state index contributed by atoms with van der Waals surface area (Å²) in [5.41, 5.74) is 0. The molecule has 0 amide bonds. The van der Waals surface area contributed by atoms with Crippen LogP contribution in [0.15, 0.2) is 0 Å². The SMILES string of the molecule is CC.CCC(=O)CCNC. The maximum atomic E-state index is 10.5. The van der Waals surface area contributed by atoms with Gasteiger partial charge in [0.25, 0.3) is 0 Å². The first-order chi connectivity index (χ1) is 4.81. The van der Waals surface area contributed by atoms with Crippen molar-refractivity contribution in [3.8, 4) is 0 Å². The van der Waals surface area contributed by atoms with Crippen LogP contribution in [0.5, 0.6) is 0 Å². The molecule has 0 aliphatic carbocycles. The smallest absolute Gasteiger partial charge is 0.133 e. The Morgan fingerprint density at radius 1 is 1.40 bits per heavy atom. The van der Waals surface area contributed by atoms with Crippen molar-refractivity contribution in [3.05, 3.63) is 0 Å². The molecule has 0 rings (SSSR count). The molecule has 2 nitrogen and oxygen atoms in total. The van der Waals surface area contributed by atoms with Gasteiger partial charge in [0.15, 0.2) is 0 Å². The van der Waals surface area contributed by atoms with E-state index in [1.165, 1.54) is 0 Å². The standard InChI is InChI=1S/C6H13NO.C2H6/c1-3-6(8)4-5-7-2;1-2/h7H,3-5H2,1-2H3;1-2H3. The molecule has 0 fully saturated rings. The summed E-state index contributed by atoms with van der Waals surface area (Å²) in [6.07, 6.45) is 1.34. The molecular weight excluding hydrogens is 126 g/mol. The predicted octanol–water partition coefficient (Wildman–Crippen LogP) is 1.60. The van der Waals surface area contributed by atoms with E-state index in [0.717, 1.165) is 6.54 Å². The number of hydrogen-bond acceptors (Lipinski definition) is 2. The van der Waals surface area contributed by atoms with E-state index in [4.69, 9.17) is 0 Å². The van der Waals surface area contributed by atoms with Crippen LogP contribution in [0.3, 0.4) is 0 Å². The second-order valence-corrected chi connectivity index (χ2v) is 1.75. The molecule has 0 bridgehead atoms. The van der Waals surface area contributed by atoms with E-state index in [1.54, 1.807) is 0 Å². The van der Waals surface area contributed by atoms with Gasteiger partial charge in [-0.1, -0.05) is 20.8 Å². The second kappa shape index (κ2) is 11.4. The van der Waals surface area contributed by atoms with Gasteiger partial charge in [0.05, 0.1) is 0 Å². The van der Waals surface area contributed by atoms with Gasteiger partial charge in [0, 0.05) is 19.4 Å². The number of ketones is 1. The Morgan fingerprint density at radius 3 is 2.20 bits per heavy atom. The number of hydrogen-bond donors (Lipinski definition) is 1. The number of carbonyl (C=O) groups is 1. The van der Waals surface area contributed by atoms with Gasteiger partial charge in [0.2, 0.25) is 0 Å². The molecule has 0 radical (unpaired) electrons. The zero-order valence-electron chi connectivity index (χ0n) is 7.53. The van der Waals surface area contributed by atoms with Gasteiger partial charge in [-0.2, -0.15) is 0 Å². The fourth-order valence-corrected chi connectivity index (χ4v) is 0.441. The van der Waals surface area contributed by atoms with Crippen LogP contribution in [0.25, 0.3) is 0 Å². The van der Waals surface area contributed by atoms with Crippen molar-refractivity contribution >= 4 is 5.78 Å². The Hall–Kier alpha value is -0.370. The Balaban J connectivity index is 0. The van der Waals surface area contributed by atoms with Crippen molar-refractivity contribution in [1.82, 2.24) is 5.32 Å². The third kappa shape index (κ3) is 10.6. The average molecular weight is 145 g/mol.